The Bertz CT molecular complexity index is 434. The average molecular weight is 354 g/mol. The third-order valence-corrected chi connectivity index (χ3v) is 4.68. The Labute approximate surface area is 143 Å². The van der Waals surface area contributed by atoms with Crippen molar-refractivity contribution in [3.05, 3.63) is 16.1 Å². The molecule has 0 spiro atoms. The van der Waals surface area contributed by atoms with Gasteiger partial charge in [0.15, 0.2) is 0 Å². The molecule has 7 heteroatoms. The number of rotatable bonds is 6. The molecule has 0 unspecified atom stereocenters. The molecule has 0 atom stereocenters. The van der Waals surface area contributed by atoms with Crippen molar-refractivity contribution in [3.63, 3.8) is 0 Å². The van der Waals surface area contributed by atoms with Crippen LogP contribution < -0.4 is 11.1 Å². The topological polar surface area (TPSA) is 68.0 Å². The fourth-order valence-electron chi connectivity index (χ4n) is 2.74. The number of hydrogen-bond donors (Lipinski definition) is 2. The number of amides is 1. The molecule has 0 bridgehead atoms. The Morgan fingerprint density at radius 1 is 1.43 bits per heavy atom. The summed E-state index contributed by atoms with van der Waals surface area (Å²) in [6, 6.07) is 0. The van der Waals surface area contributed by atoms with Gasteiger partial charge >= 0.3 is 0 Å². The minimum absolute atomic E-state index is 0. The van der Waals surface area contributed by atoms with Gasteiger partial charge in [-0.15, -0.1) is 36.2 Å². The highest BCUT2D eigenvalue weighted by Crippen LogP contribution is 2.28. The van der Waals surface area contributed by atoms with Crippen LogP contribution in [0.5, 0.6) is 0 Å². The fraction of sp³-hybridized carbons (Fsp3) is 0.714. The number of carbonyl (C=O) groups is 1. The van der Waals surface area contributed by atoms with E-state index in [0.717, 1.165) is 36.4 Å². The highest BCUT2D eigenvalue weighted by atomic mass is 35.5. The number of carbonyl (C=O) groups excluding carboxylic acids is 1. The number of halogens is 2. The van der Waals surface area contributed by atoms with E-state index < -0.39 is 0 Å². The Kier molecular flexibility index (Phi) is 9.45. The number of thiazole rings is 1. The molecule has 0 saturated heterocycles. The van der Waals surface area contributed by atoms with E-state index in [1.165, 1.54) is 12.8 Å². The van der Waals surface area contributed by atoms with Crippen molar-refractivity contribution in [3.8, 4) is 0 Å². The van der Waals surface area contributed by atoms with Gasteiger partial charge in [-0.1, -0.05) is 12.8 Å². The van der Waals surface area contributed by atoms with Gasteiger partial charge < -0.3 is 11.1 Å². The second-order valence-electron chi connectivity index (χ2n) is 5.45. The fourth-order valence-corrected chi connectivity index (χ4v) is 3.39. The van der Waals surface area contributed by atoms with Crippen molar-refractivity contribution in [2.24, 2.45) is 5.73 Å². The first-order chi connectivity index (χ1) is 9.13. The predicted molar refractivity (Wildman–Crippen MR) is 92.7 cm³/mol. The van der Waals surface area contributed by atoms with Crippen molar-refractivity contribution < 1.29 is 4.79 Å². The number of aryl methyl sites for hydroxylation is 2. The Balaban J connectivity index is 0.00000200. The van der Waals surface area contributed by atoms with Crippen LogP contribution in [0.3, 0.4) is 0 Å². The molecule has 4 nitrogen and oxygen atoms in total. The van der Waals surface area contributed by atoms with Crippen LogP contribution >= 0.6 is 36.2 Å². The first kappa shape index (κ1) is 20.6. The summed E-state index contributed by atoms with van der Waals surface area (Å²) in [6.45, 7) is 2.57. The maximum Gasteiger partial charge on any atom is 0.220 e. The average Bonchev–Trinajstić information content (AvgIpc) is 2.99. The van der Waals surface area contributed by atoms with Gasteiger partial charge in [0.1, 0.15) is 0 Å². The van der Waals surface area contributed by atoms with E-state index in [1.807, 2.05) is 6.92 Å². The molecule has 0 aliphatic heterocycles. The van der Waals surface area contributed by atoms with E-state index >= 15 is 0 Å². The maximum absolute atomic E-state index is 12.0. The summed E-state index contributed by atoms with van der Waals surface area (Å²) in [5.74, 6) is 0.138. The number of hydrogen-bond acceptors (Lipinski definition) is 4. The highest BCUT2D eigenvalue weighted by molar-refractivity contribution is 7.09. The zero-order valence-electron chi connectivity index (χ0n) is 12.4. The summed E-state index contributed by atoms with van der Waals surface area (Å²) < 4.78 is 0. The van der Waals surface area contributed by atoms with Crippen LogP contribution in [0.1, 0.15) is 49.2 Å². The number of aromatic nitrogens is 1. The van der Waals surface area contributed by atoms with Crippen molar-refractivity contribution in [2.45, 2.75) is 57.4 Å². The minimum Gasteiger partial charge on any atom is -0.349 e. The standard InChI is InChI=1S/C14H23N3OS.2ClH/c1-11-16-12(9-19-11)5-4-6-13(18)17-14(10-15)7-2-3-8-14;;/h9H,2-8,10,15H2,1H3,(H,17,18);2*1H. The van der Waals surface area contributed by atoms with Crippen LogP contribution in [0.4, 0.5) is 0 Å². The minimum atomic E-state index is -0.117. The third-order valence-electron chi connectivity index (χ3n) is 3.86. The molecule has 1 aliphatic rings. The Morgan fingerprint density at radius 2 is 2.10 bits per heavy atom. The van der Waals surface area contributed by atoms with Gasteiger partial charge in [-0.25, -0.2) is 4.98 Å². The molecule has 0 radical (unpaired) electrons. The highest BCUT2D eigenvalue weighted by Gasteiger charge is 2.33. The summed E-state index contributed by atoms with van der Waals surface area (Å²) in [5, 5.41) is 6.32. The molecular formula is C14H25Cl2N3OS. The van der Waals surface area contributed by atoms with Crippen LogP contribution in [-0.4, -0.2) is 23.0 Å². The lowest BCUT2D eigenvalue weighted by Crippen LogP contribution is -2.51. The summed E-state index contributed by atoms with van der Waals surface area (Å²) >= 11 is 1.66. The molecule has 1 fully saturated rings. The lowest BCUT2D eigenvalue weighted by atomic mass is 9.97. The molecule has 122 valence electrons. The largest absolute Gasteiger partial charge is 0.349 e. The second-order valence-corrected chi connectivity index (χ2v) is 6.51. The third kappa shape index (κ3) is 6.10. The second kappa shape index (κ2) is 9.62. The van der Waals surface area contributed by atoms with E-state index in [1.54, 1.807) is 11.3 Å². The monoisotopic (exact) mass is 353 g/mol. The normalized spacial score (nSPS) is 15.9. The number of nitrogens with two attached hydrogens (primary N) is 1. The van der Waals surface area contributed by atoms with Gasteiger partial charge in [-0.05, 0) is 32.6 Å². The van der Waals surface area contributed by atoms with Gasteiger partial charge in [-0.3, -0.25) is 4.79 Å². The lowest BCUT2D eigenvalue weighted by Gasteiger charge is -2.28. The van der Waals surface area contributed by atoms with Crippen molar-refractivity contribution >= 4 is 42.1 Å². The van der Waals surface area contributed by atoms with Crippen molar-refractivity contribution in [2.75, 3.05) is 6.54 Å². The van der Waals surface area contributed by atoms with Crippen LogP contribution in [-0.2, 0) is 11.2 Å². The summed E-state index contributed by atoms with van der Waals surface area (Å²) in [6.07, 6.45) is 6.72. The molecular weight excluding hydrogens is 329 g/mol. The van der Waals surface area contributed by atoms with Gasteiger partial charge in [0.2, 0.25) is 5.91 Å². The zero-order chi connectivity index (χ0) is 13.7. The molecule has 1 saturated carbocycles. The Morgan fingerprint density at radius 3 is 2.62 bits per heavy atom. The first-order valence-electron chi connectivity index (χ1n) is 7.06. The van der Waals surface area contributed by atoms with Crippen LogP contribution in [0.25, 0.3) is 0 Å². The van der Waals surface area contributed by atoms with E-state index in [4.69, 9.17) is 5.73 Å². The Hall–Kier alpha value is -0.360. The molecule has 1 heterocycles. The molecule has 1 aromatic heterocycles. The SMILES string of the molecule is Cc1nc(CCCC(=O)NC2(CN)CCCC2)cs1.Cl.Cl. The predicted octanol–water partition coefficient (Wildman–Crippen LogP) is 3.01. The summed E-state index contributed by atoms with van der Waals surface area (Å²) in [4.78, 5) is 16.4. The lowest BCUT2D eigenvalue weighted by molar-refractivity contribution is -0.123. The number of nitrogens with one attached hydrogen (secondary N) is 1. The molecule has 2 rings (SSSR count). The molecule has 1 aliphatic carbocycles. The van der Waals surface area contributed by atoms with Crippen LogP contribution in [0, 0.1) is 6.92 Å². The van der Waals surface area contributed by atoms with Gasteiger partial charge in [0, 0.05) is 18.3 Å². The van der Waals surface area contributed by atoms with E-state index in [-0.39, 0.29) is 36.3 Å². The summed E-state index contributed by atoms with van der Waals surface area (Å²) in [7, 11) is 0. The molecule has 3 N–H and O–H groups in total. The first-order valence-corrected chi connectivity index (χ1v) is 7.94. The molecule has 1 amide bonds. The van der Waals surface area contributed by atoms with Gasteiger partial charge in [0.25, 0.3) is 0 Å². The molecule has 21 heavy (non-hydrogen) atoms. The molecule has 1 aromatic rings. The maximum atomic E-state index is 12.0. The van der Waals surface area contributed by atoms with Crippen LogP contribution in [0.15, 0.2) is 5.38 Å². The van der Waals surface area contributed by atoms with Crippen molar-refractivity contribution in [1.29, 1.82) is 0 Å². The van der Waals surface area contributed by atoms with E-state index in [9.17, 15) is 4.79 Å². The van der Waals surface area contributed by atoms with Crippen molar-refractivity contribution in [1.82, 2.24) is 10.3 Å². The smallest absolute Gasteiger partial charge is 0.220 e. The molecule has 0 aromatic carbocycles. The number of nitrogens with zero attached hydrogens (tertiary/aromatic N) is 1. The zero-order valence-corrected chi connectivity index (χ0v) is 14.8. The van der Waals surface area contributed by atoms with Crippen LogP contribution in [0.2, 0.25) is 0 Å². The van der Waals surface area contributed by atoms with E-state index in [2.05, 4.69) is 15.7 Å². The van der Waals surface area contributed by atoms with E-state index in [0.29, 0.717) is 13.0 Å². The quantitative estimate of drug-likeness (QED) is 0.825. The summed E-state index contributed by atoms with van der Waals surface area (Å²) in [5.41, 5.74) is 6.80. The van der Waals surface area contributed by atoms with Gasteiger partial charge in [-0.2, -0.15) is 0 Å². The van der Waals surface area contributed by atoms with Gasteiger partial charge in [0.05, 0.1) is 16.2 Å².